The molecule has 3 aromatic rings. The SMILES string of the molecule is CCn1cc(/C=N/NS(=O)(=O)c2ccc(Br)cc2)c2ccccc21. The molecular formula is C17H16BrN3O2S. The van der Waals surface area contributed by atoms with Gasteiger partial charge in [-0.2, -0.15) is 13.5 Å². The first kappa shape index (κ1) is 16.7. The van der Waals surface area contributed by atoms with Crippen molar-refractivity contribution in [2.45, 2.75) is 18.4 Å². The van der Waals surface area contributed by atoms with Crippen LogP contribution in [-0.2, 0) is 16.6 Å². The molecule has 0 aliphatic rings. The molecule has 0 aliphatic carbocycles. The van der Waals surface area contributed by atoms with Crippen LogP contribution in [-0.4, -0.2) is 19.2 Å². The molecule has 1 N–H and O–H groups in total. The number of nitrogens with zero attached hydrogens (tertiary/aromatic N) is 2. The van der Waals surface area contributed by atoms with Crippen molar-refractivity contribution in [2.24, 2.45) is 5.10 Å². The van der Waals surface area contributed by atoms with E-state index in [1.165, 1.54) is 18.3 Å². The van der Waals surface area contributed by atoms with Gasteiger partial charge in [-0.25, -0.2) is 4.83 Å². The maximum Gasteiger partial charge on any atom is 0.276 e. The van der Waals surface area contributed by atoms with Gasteiger partial charge in [0.2, 0.25) is 0 Å². The van der Waals surface area contributed by atoms with Gasteiger partial charge in [-0.1, -0.05) is 34.1 Å². The monoisotopic (exact) mass is 405 g/mol. The van der Waals surface area contributed by atoms with Crippen molar-refractivity contribution < 1.29 is 8.42 Å². The Bertz CT molecular complexity index is 992. The van der Waals surface area contributed by atoms with E-state index in [9.17, 15) is 8.42 Å². The van der Waals surface area contributed by atoms with Crippen molar-refractivity contribution in [3.8, 4) is 0 Å². The summed E-state index contributed by atoms with van der Waals surface area (Å²) in [4.78, 5) is 2.42. The van der Waals surface area contributed by atoms with Crippen molar-refractivity contribution in [1.82, 2.24) is 9.40 Å². The molecule has 0 bridgehead atoms. The summed E-state index contributed by atoms with van der Waals surface area (Å²) in [6.07, 6.45) is 3.49. The molecule has 2 aromatic carbocycles. The molecule has 0 atom stereocenters. The van der Waals surface area contributed by atoms with Gasteiger partial charge in [-0.3, -0.25) is 0 Å². The quantitative estimate of drug-likeness (QED) is 0.518. The van der Waals surface area contributed by atoms with E-state index in [1.807, 2.05) is 30.5 Å². The third-order valence-corrected chi connectivity index (χ3v) is 5.43. The Morgan fingerprint density at radius 3 is 2.58 bits per heavy atom. The van der Waals surface area contributed by atoms with Gasteiger partial charge in [-0.05, 0) is 37.3 Å². The minimum absolute atomic E-state index is 0.166. The number of sulfonamides is 1. The molecule has 1 aromatic heterocycles. The number of rotatable bonds is 5. The fourth-order valence-corrected chi connectivity index (χ4v) is 3.53. The summed E-state index contributed by atoms with van der Waals surface area (Å²) in [7, 11) is -3.67. The second kappa shape index (κ2) is 6.78. The molecular weight excluding hydrogens is 390 g/mol. The Hall–Kier alpha value is -2.12. The minimum atomic E-state index is -3.67. The predicted molar refractivity (Wildman–Crippen MR) is 99.7 cm³/mol. The van der Waals surface area contributed by atoms with Gasteiger partial charge >= 0.3 is 0 Å². The van der Waals surface area contributed by atoms with Crippen LogP contribution in [0.3, 0.4) is 0 Å². The topological polar surface area (TPSA) is 63.5 Å². The Morgan fingerprint density at radius 2 is 1.88 bits per heavy atom. The van der Waals surface area contributed by atoms with E-state index in [1.54, 1.807) is 12.1 Å². The molecule has 0 aliphatic heterocycles. The molecule has 1 heterocycles. The van der Waals surface area contributed by atoms with Crippen LogP contribution in [0, 0.1) is 0 Å². The van der Waals surface area contributed by atoms with Gasteiger partial charge in [0.1, 0.15) is 0 Å². The van der Waals surface area contributed by atoms with E-state index in [0.29, 0.717) is 0 Å². The minimum Gasteiger partial charge on any atom is -0.347 e. The second-order valence-electron chi connectivity index (χ2n) is 5.19. The zero-order valence-corrected chi connectivity index (χ0v) is 15.4. The summed E-state index contributed by atoms with van der Waals surface area (Å²) in [5, 5.41) is 4.96. The number of benzene rings is 2. The number of aryl methyl sites for hydroxylation is 1. The molecule has 0 amide bonds. The standard InChI is InChI=1S/C17H16BrN3O2S/c1-2-21-12-13(16-5-3-4-6-17(16)21)11-19-20-24(22,23)15-9-7-14(18)8-10-15/h3-12,20H,2H2,1H3/b19-11+. The van der Waals surface area contributed by atoms with E-state index >= 15 is 0 Å². The summed E-state index contributed by atoms with van der Waals surface area (Å²) in [5.41, 5.74) is 1.96. The molecule has 0 spiro atoms. The van der Waals surface area contributed by atoms with Crippen molar-refractivity contribution in [1.29, 1.82) is 0 Å². The van der Waals surface area contributed by atoms with E-state index in [2.05, 4.69) is 37.4 Å². The maximum atomic E-state index is 12.2. The lowest BCUT2D eigenvalue weighted by molar-refractivity contribution is 0.584. The zero-order chi connectivity index (χ0) is 17.2. The molecule has 124 valence electrons. The van der Waals surface area contributed by atoms with Gasteiger partial charge in [0.05, 0.1) is 11.1 Å². The van der Waals surface area contributed by atoms with Crippen LogP contribution in [0.25, 0.3) is 10.9 Å². The van der Waals surface area contributed by atoms with Gasteiger partial charge in [-0.15, -0.1) is 0 Å². The van der Waals surface area contributed by atoms with Crippen molar-refractivity contribution in [3.05, 3.63) is 64.8 Å². The number of halogens is 1. The highest BCUT2D eigenvalue weighted by Crippen LogP contribution is 2.20. The number of hydrazone groups is 1. The van der Waals surface area contributed by atoms with Crippen LogP contribution in [0.2, 0.25) is 0 Å². The molecule has 0 radical (unpaired) electrons. The zero-order valence-electron chi connectivity index (χ0n) is 13.0. The number of fused-ring (bicyclic) bond motifs is 1. The van der Waals surface area contributed by atoms with Crippen molar-refractivity contribution >= 4 is 43.1 Å². The molecule has 3 rings (SSSR count). The summed E-state index contributed by atoms with van der Waals surface area (Å²) < 4.78 is 27.3. The Labute approximate surface area is 149 Å². The molecule has 7 heteroatoms. The maximum absolute atomic E-state index is 12.2. The lowest BCUT2D eigenvalue weighted by atomic mass is 10.2. The van der Waals surface area contributed by atoms with E-state index in [-0.39, 0.29) is 4.90 Å². The summed E-state index contributed by atoms with van der Waals surface area (Å²) in [5.74, 6) is 0. The smallest absolute Gasteiger partial charge is 0.276 e. The highest BCUT2D eigenvalue weighted by molar-refractivity contribution is 9.10. The van der Waals surface area contributed by atoms with Crippen LogP contribution in [0.1, 0.15) is 12.5 Å². The average Bonchev–Trinajstić information content (AvgIpc) is 2.93. The number of para-hydroxylation sites is 1. The lowest BCUT2D eigenvalue weighted by Gasteiger charge is -2.02. The van der Waals surface area contributed by atoms with Crippen molar-refractivity contribution in [2.75, 3.05) is 0 Å². The molecule has 0 saturated carbocycles. The highest BCUT2D eigenvalue weighted by atomic mass is 79.9. The summed E-state index contributed by atoms with van der Waals surface area (Å²) in [6.45, 7) is 2.89. The first-order chi connectivity index (χ1) is 11.5. The molecule has 24 heavy (non-hydrogen) atoms. The molecule has 0 fully saturated rings. The average molecular weight is 406 g/mol. The number of hydrogen-bond donors (Lipinski definition) is 1. The normalized spacial score (nSPS) is 12.1. The van der Waals surface area contributed by atoms with E-state index < -0.39 is 10.0 Å². The number of nitrogens with one attached hydrogen (secondary N) is 1. The Morgan fingerprint density at radius 1 is 1.17 bits per heavy atom. The second-order valence-corrected chi connectivity index (χ2v) is 7.77. The van der Waals surface area contributed by atoms with Gasteiger partial charge in [0.15, 0.2) is 0 Å². The fourth-order valence-electron chi connectivity index (χ4n) is 2.47. The number of aromatic nitrogens is 1. The van der Waals surface area contributed by atoms with Crippen LogP contribution >= 0.6 is 15.9 Å². The largest absolute Gasteiger partial charge is 0.347 e. The van der Waals surface area contributed by atoms with E-state index in [4.69, 9.17) is 0 Å². The Balaban J connectivity index is 1.85. The number of hydrogen-bond acceptors (Lipinski definition) is 3. The van der Waals surface area contributed by atoms with Crippen LogP contribution in [0.4, 0.5) is 0 Å². The third-order valence-electron chi connectivity index (χ3n) is 3.66. The van der Waals surface area contributed by atoms with Gasteiger partial charge < -0.3 is 4.57 Å². The Kier molecular flexibility index (Phi) is 4.73. The van der Waals surface area contributed by atoms with Crippen molar-refractivity contribution in [3.63, 3.8) is 0 Å². The van der Waals surface area contributed by atoms with Crippen LogP contribution in [0.5, 0.6) is 0 Å². The molecule has 5 nitrogen and oxygen atoms in total. The van der Waals surface area contributed by atoms with Gasteiger partial charge in [0, 0.05) is 33.7 Å². The summed E-state index contributed by atoms with van der Waals surface area (Å²) >= 11 is 3.28. The molecule has 0 saturated heterocycles. The van der Waals surface area contributed by atoms with E-state index in [0.717, 1.165) is 27.5 Å². The van der Waals surface area contributed by atoms with Gasteiger partial charge in [0.25, 0.3) is 10.0 Å². The van der Waals surface area contributed by atoms with Crippen LogP contribution in [0.15, 0.2) is 69.2 Å². The predicted octanol–water partition coefficient (Wildman–Crippen LogP) is 3.74. The first-order valence-corrected chi connectivity index (χ1v) is 9.67. The highest BCUT2D eigenvalue weighted by Gasteiger charge is 2.12. The summed E-state index contributed by atoms with van der Waals surface area (Å²) in [6, 6.07) is 14.3. The fraction of sp³-hybridized carbons (Fsp3) is 0.118. The first-order valence-electron chi connectivity index (χ1n) is 7.39. The third kappa shape index (κ3) is 3.37. The lowest BCUT2D eigenvalue weighted by Crippen LogP contribution is -2.18. The van der Waals surface area contributed by atoms with Crippen LogP contribution < -0.4 is 4.83 Å². The molecule has 0 unspecified atom stereocenters.